The van der Waals surface area contributed by atoms with Gasteiger partial charge in [-0.1, -0.05) is 47.1 Å². The molecule has 5 aliphatic carbocycles. The second-order valence-corrected chi connectivity index (χ2v) is 16.3. The average molecular weight is 571 g/mol. The third-order valence-electron chi connectivity index (χ3n) is 13.8. The van der Waals surface area contributed by atoms with E-state index in [-0.39, 0.29) is 69.6 Å². The number of carbonyl (C=O) groups is 4. The monoisotopic (exact) mass is 570 g/mol. The van der Waals surface area contributed by atoms with Gasteiger partial charge in [-0.3, -0.25) is 19.2 Å². The number of rotatable bonds is 5. The molecule has 0 aromatic carbocycles. The highest BCUT2D eigenvalue weighted by Crippen LogP contribution is 2.75. The number of carbonyl (C=O) groups excluding carboxylic acids is 2. The summed E-state index contributed by atoms with van der Waals surface area (Å²) in [6, 6.07) is 0. The van der Waals surface area contributed by atoms with Gasteiger partial charge >= 0.3 is 17.9 Å². The molecule has 0 bridgehead atoms. The van der Waals surface area contributed by atoms with E-state index < -0.39 is 23.3 Å². The number of allylic oxidation sites excluding steroid dienone is 2. The van der Waals surface area contributed by atoms with Gasteiger partial charge in [0.15, 0.2) is 5.78 Å². The Hall–Kier alpha value is -2.18. The number of hydrogen-bond acceptors (Lipinski definition) is 5. The summed E-state index contributed by atoms with van der Waals surface area (Å²) in [5.41, 5.74) is -0.553. The van der Waals surface area contributed by atoms with Crippen molar-refractivity contribution in [3.05, 3.63) is 11.6 Å². The van der Waals surface area contributed by atoms with E-state index in [4.69, 9.17) is 9.84 Å². The van der Waals surface area contributed by atoms with Crippen LogP contribution in [0.15, 0.2) is 11.6 Å². The van der Waals surface area contributed by atoms with Gasteiger partial charge in [0.25, 0.3) is 0 Å². The SMILES string of the molecule is CC1(C)[C@@H](OC(=O)CCC(=O)O)CC[C@]2(C)[C@H]3C(=O)C=C4[C@H]5C[C@](C)(C(=O)O)CC[C@]5(C)CC[C@@]4(C)[C@]3(C)CC[C@@H]12. The smallest absolute Gasteiger partial charge is 0.309 e. The molecule has 0 aromatic heterocycles. The minimum Gasteiger partial charge on any atom is -0.481 e. The molecule has 0 amide bonds. The van der Waals surface area contributed by atoms with Crippen molar-refractivity contribution < 1.29 is 34.1 Å². The maximum atomic E-state index is 14.5. The van der Waals surface area contributed by atoms with Crippen LogP contribution in [0, 0.1) is 50.2 Å². The number of carboxylic acids is 2. The summed E-state index contributed by atoms with van der Waals surface area (Å²) in [4.78, 5) is 50.3. The van der Waals surface area contributed by atoms with Crippen molar-refractivity contribution in [2.24, 2.45) is 50.2 Å². The summed E-state index contributed by atoms with van der Waals surface area (Å²) in [6.07, 6.45) is 8.80. The summed E-state index contributed by atoms with van der Waals surface area (Å²) >= 11 is 0. The Morgan fingerprint density at radius 3 is 2.17 bits per heavy atom. The molecule has 0 spiro atoms. The Kier molecular flexibility index (Phi) is 6.95. The largest absolute Gasteiger partial charge is 0.481 e. The van der Waals surface area contributed by atoms with E-state index in [9.17, 15) is 24.3 Å². The van der Waals surface area contributed by atoms with Gasteiger partial charge < -0.3 is 14.9 Å². The molecule has 4 fully saturated rings. The first kappa shape index (κ1) is 30.3. The van der Waals surface area contributed by atoms with Gasteiger partial charge in [-0.15, -0.1) is 0 Å². The maximum absolute atomic E-state index is 14.5. The lowest BCUT2D eigenvalue weighted by atomic mass is 9.33. The molecular weight excluding hydrogens is 520 g/mol. The van der Waals surface area contributed by atoms with Crippen LogP contribution >= 0.6 is 0 Å². The van der Waals surface area contributed by atoms with Gasteiger partial charge in [0.05, 0.1) is 18.3 Å². The van der Waals surface area contributed by atoms with Crippen LogP contribution in [0.1, 0.15) is 119 Å². The molecule has 0 heterocycles. The predicted molar refractivity (Wildman–Crippen MR) is 154 cm³/mol. The quantitative estimate of drug-likeness (QED) is 0.348. The van der Waals surface area contributed by atoms with Crippen LogP contribution in [-0.4, -0.2) is 40.0 Å². The molecule has 5 rings (SSSR count). The Morgan fingerprint density at radius 2 is 1.54 bits per heavy atom. The van der Waals surface area contributed by atoms with E-state index in [0.29, 0.717) is 19.3 Å². The summed E-state index contributed by atoms with van der Waals surface area (Å²) < 4.78 is 5.91. The Bertz CT molecular complexity index is 1200. The van der Waals surface area contributed by atoms with E-state index in [1.165, 1.54) is 5.57 Å². The zero-order chi connectivity index (χ0) is 30.4. The maximum Gasteiger partial charge on any atom is 0.309 e. The van der Waals surface area contributed by atoms with Gasteiger partial charge in [-0.2, -0.15) is 0 Å². The van der Waals surface area contributed by atoms with Crippen molar-refractivity contribution >= 4 is 23.7 Å². The zero-order valence-electron chi connectivity index (χ0n) is 26.1. The molecular formula is C34H50O7. The second kappa shape index (κ2) is 9.41. The molecule has 0 radical (unpaired) electrons. The van der Waals surface area contributed by atoms with E-state index in [1.807, 2.05) is 13.0 Å². The number of hydrogen-bond donors (Lipinski definition) is 2. The van der Waals surface area contributed by atoms with Crippen LogP contribution in [0.3, 0.4) is 0 Å². The van der Waals surface area contributed by atoms with Crippen LogP contribution in [0.2, 0.25) is 0 Å². The van der Waals surface area contributed by atoms with Crippen molar-refractivity contribution in [2.45, 2.75) is 125 Å². The first-order valence-corrected chi connectivity index (χ1v) is 15.7. The molecule has 7 nitrogen and oxygen atoms in total. The summed E-state index contributed by atoms with van der Waals surface area (Å²) in [5.74, 6) is -1.87. The summed E-state index contributed by atoms with van der Waals surface area (Å²) in [7, 11) is 0. The third-order valence-corrected chi connectivity index (χ3v) is 13.8. The first-order chi connectivity index (χ1) is 18.8. The van der Waals surface area contributed by atoms with Crippen molar-refractivity contribution in [1.82, 2.24) is 0 Å². The van der Waals surface area contributed by atoms with Gasteiger partial charge in [0, 0.05) is 11.3 Å². The molecule has 41 heavy (non-hydrogen) atoms. The van der Waals surface area contributed by atoms with Crippen molar-refractivity contribution in [1.29, 1.82) is 0 Å². The van der Waals surface area contributed by atoms with Crippen LogP contribution in [0.4, 0.5) is 0 Å². The molecule has 7 heteroatoms. The Morgan fingerprint density at radius 1 is 0.878 bits per heavy atom. The lowest BCUT2D eigenvalue weighted by molar-refractivity contribution is -0.211. The van der Waals surface area contributed by atoms with Crippen LogP contribution in [0.5, 0.6) is 0 Å². The molecule has 0 saturated heterocycles. The van der Waals surface area contributed by atoms with Gasteiger partial charge in [-0.25, -0.2) is 0 Å². The van der Waals surface area contributed by atoms with E-state index in [0.717, 1.165) is 38.5 Å². The highest BCUT2D eigenvalue weighted by Gasteiger charge is 2.70. The fourth-order valence-corrected chi connectivity index (χ4v) is 11.0. The normalized spacial score (nSPS) is 46.6. The predicted octanol–water partition coefficient (Wildman–Crippen LogP) is 6.83. The van der Waals surface area contributed by atoms with Crippen molar-refractivity contribution in [2.75, 3.05) is 0 Å². The molecule has 0 aliphatic heterocycles. The average Bonchev–Trinajstić information content (AvgIpc) is 2.86. The number of esters is 1. The topological polar surface area (TPSA) is 118 Å². The van der Waals surface area contributed by atoms with E-state index >= 15 is 0 Å². The van der Waals surface area contributed by atoms with Gasteiger partial charge in [0.2, 0.25) is 0 Å². The molecule has 2 N–H and O–H groups in total. The number of carboxylic acid groups (broad SMARTS) is 2. The van der Waals surface area contributed by atoms with Crippen LogP contribution < -0.4 is 0 Å². The Labute approximate surface area is 244 Å². The van der Waals surface area contributed by atoms with Gasteiger partial charge in [0.1, 0.15) is 6.10 Å². The standard InChI is InChI=1S/C34H50O7/c1-29(2)23-10-13-34(7)27(32(23,5)12-11-24(29)41-26(38)9-8-25(36)37)22(35)18-20-21-19-31(4,28(39)40)15-14-30(21,3)16-17-33(20,34)6/h18,21,23-24,27H,8-17,19H2,1-7H3,(H,36,37)(H,39,40)/t21-,23+,24+,27-,30-,31-,32+,33-,34-/m1/s1. The molecule has 0 unspecified atom stereocenters. The fourth-order valence-electron chi connectivity index (χ4n) is 11.0. The number of ketones is 1. The van der Waals surface area contributed by atoms with E-state index in [2.05, 4.69) is 41.5 Å². The minimum atomic E-state index is -1.01. The molecule has 0 aromatic rings. The van der Waals surface area contributed by atoms with Gasteiger partial charge in [-0.05, 0) is 104 Å². The first-order valence-electron chi connectivity index (χ1n) is 15.7. The van der Waals surface area contributed by atoms with Crippen LogP contribution in [0.25, 0.3) is 0 Å². The summed E-state index contributed by atoms with van der Waals surface area (Å²) in [5, 5.41) is 19.1. The number of fused-ring (bicyclic) bond motifs is 7. The van der Waals surface area contributed by atoms with Crippen molar-refractivity contribution in [3.63, 3.8) is 0 Å². The fraction of sp³-hybridized carbons (Fsp3) is 0.824. The van der Waals surface area contributed by atoms with Crippen LogP contribution in [-0.2, 0) is 23.9 Å². The van der Waals surface area contributed by atoms with E-state index in [1.54, 1.807) is 0 Å². The molecule has 228 valence electrons. The molecule has 5 aliphatic rings. The zero-order valence-corrected chi connectivity index (χ0v) is 26.1. The lowest BCUT2D eigenvalue weighted by Gasteiger charge is -2.70. The highest BCUT2D eigenvalue weighted by molar-refractivity contribution is 5.95. The number of ether oxygens (including phenoxy) is 1. The summed E-state index contributed by atoms with van der Waals surface area (Å²) in [6.45, 7) is 15.5. The third kappa shape index (κ3) is 4.25. The minimum absolute atomic E-state index is 0.0233. The molecule has 9 atom stereocenters. The lowest BCUT2D eigenvalue weighted by Crippen LogP contribution is -2.66. The van der Waals surface area contributed by atoms with Crippen molar-refractivity contribution in [3.8, 4) is 0 Å². The molecule has 4 saturated carbocycles. The highest BCUT2D eigenvalue weighted by atomic mass is 16.5. The number of aliphatic carboxylic acids is 2. The Balaban J connectivity index is 1.49. The second-order valence-electron chi connectivity index (χ2n) is 16.3.